The van der Waals surface area contributed by atoms with Crippen molar-refractivity contribution in [3.05, 3.63) is 34.9 Å². The lowest BCUT2D eigenvalue weighted by atomic mass is 9.82. The van der Waals surface area contributed by atoms with Crippen LogP contribution in [0.2, 0.25) is 0 Å². The molecule has 1 aliphatic carbocycles. The molecule has 68 valence electrons. The molecule has 0 heterocycles. The van der Waals surface area contributed by atoms with Gasteiger partial charge in [-0.2, -0.15) is 0 Å². The molecule has 0 fully saturated rings. The summed E-state index contributed by atoms with van der Waals surface area (Å²) < 4.78 is 0. The Morgan fingerprint density at radius 1 is 1.31 bits per heavy atom. The Balaban J connectivity index is 2.51. The molecular weight excluding hydrogens is 160 g/mol. The Kier molecular flexibility index (Phi) is 1.95. The van der Waals surface area contributed by atoms with Gasteiger partial charge in [0.15, 0.2) is 0 Å². The molecule has 0 radical (unpaired) electrons. The average molecular weight is 174 g/mol. The van der Waals surface area contributed by atoms with E-state index in [1.165, 1.54) is 16.7 Å². The fourth-order valence-corrected chi connectivity index (χ4v) is 1.99. The van der Waals surface area contributed by atoms with E-state index in [1.54, 1.807) is 0 Å². The van der Waals surface area contributed by atoms with Gasteiger partial charge >= 0.3 is 0 Å². The van der Waals surface area contributed by atoms with Crippen LogP contribution in [0.1, 0.15) is 36.0 Å². The zero-order valence-electron chi connectivity index (χ0n) is 8.13. The van der Waals surface area contributed by atoms with Crippen molar-refractivity contribution in [1.82, 2.24) is 0 Å². The highest BCUT2D eigenvalue weighted by Crippen LogP contribution is 2.29. The Bertz CT molecular complexity index is 352. The van der Waals surface area contributed by atoms with Crippen molar-refractivity contribution in [2.75, 3.05) is 0 Å². The number of ketones is 1. The minimum absolute atomic E-state index is 0.114. The van der Waals surface area contributed by atoms with Gasteiger partial charge in [-0.05, 0) is 24.5 Å². The first-order valence-corrected chi connectivity index (χ1v) is 4.80. The van der Waals surface area contributed by atoms with Gasteiger partial charge < -0.3 is 0 Å². The number of aryl methyl sites for hydroxylation is 2. The second-order valence-corrected chi connectivity index (χ2v) is 3.89. The molecular formula is C12H14O. The van der Waals surface area contributed by atoms with E-state index in [0.29, 0.717) is 5.78 Å². The summed E-state index contributed by atoms with van der Waals surface area (Å²) >= 11 is 0. The lowest BCUT2D eigenvalue weighted by molar-refractivity contribution is -0.120. The van der Waals surface area contributed by atoms with Gasteiger partial charge in [0.1, 0.15) is 5.78 Å². The van der Waals surface area contributed by atoms with E-state index in [4.69, 9.17) is 0 Å². The maximum absolute atomic E-state index is 11.5. The van der Waals surface area contributed by atoms with Crippen LogP contribution >= 0.6 is 0 Å². The summed E-state index contributed by atoms with van der Waals surface area (Å²) in [5, 5.41) is 0. The first kappa shape index (κ1) is 8.49. The van der Waals surface area contributed by atoms with Crippen LogP contribution in [0.5, 0.6) is 0 Å². The average Bonchev–Trinajstić information content (AvgIpc) is 2.12. The molecule has 0 amide bonds. The highest BCUT2D eigenvalue weighted by molar-refractivity contribution is 5.87. The van der Waals surface area contributed by atoms with Crippen molar-refractivity contribution in [3.63, 3.8) is 0 Å². The largest absolute Gasteiger partial charge is 0.299 e. The molecule has 0 N–H and O–H groups in total. The second kappa shape index (κ2) is 2.99. The Morgan fingerprint density at radius 2 is 2.08 bits per heavy atom. The Labute approximate surface area is 78.8 Å². The smallest absolute Gasteiger partial charge is 0.140 e. The van der Waals surface area contributed by atoms with Gasteiger partial charge in [0.05, 0.1) is 0 Å². The van der Waals surface area contributed by atoms with Crippen LogP contribution in [0.25, 0.3) is 0 Å². The van der Waals surface area contributed by atoms with Crippen LogP contribution in [0.3, 0.4) is 0 Å². The molecule has 13 heavy (non-hydrogen) atoms. The van der Waals surface area contributed by atoms with Crippen LogP contribution in [-0.4, -0.2) is 5.78 Å². The summed E-state index contributed by atoms with van der Waals surface area (Å²) in [4.78, 5) is 11.5. The monoisotopic (exact) mass is 174 g/mol. The zero-order valence-corrected chi connectivity index (χ0v) is 8.13. The van der Waals surface area contributed by atoms with Crippen LogP contribution in [0.15, 0.2) is 18.2 Å². The Morgan fingerprint density at radius 3 is 2.85 bits per heavy atom. The molecule has 1 aromatic carbocycles. The lowest BCUT2D eigenvalue weighted by Gasteiger charge is -2.21. The molecule has 0 aliphatic heterocycles. The summed E-state index contributed by atoms with van der Waals surface area (Å²) in [6, 6.07) is 6.44. The second-order valence-electron chi connectivity index (χ2n) is 3.89. The Hall–Kier alpha value is -1.11. The predicted octanol–water partition coefficient (Wildman–Crippen LogP) is 2.61. The predicted molar refractivity (Wildman–Crippen MR) is 52.9 cm³/mol. The number of benzene rings is 1. The van der Waals surface area contributed by atoms with Gasteiger partial charge in [-0.1, -0.05) is 30.7 Å². The van der Waals surface area contributed by atoms with Crippen LogP contribution in [0, 0.1) is 6.92 Å². The fraction of sp³-hybridized carbons (Fsp3) is 0.417. The molecule has 0 bridgehead atoms. The van der Waals surface area contributed by atoms with Crippen LogP contribution in [-0.2, 0) is 11.2 Å². The molecule has 0 saturated carbocycles. The van der Waals surface area contributed by atoms with Crippen LogP contribution < -0.4 is 0 Å². The zero-order chi connectivity index (χ0) is 9.42. The van der Waals surface area contributed by atoms with Crippen molar-refractivity contribution >= 4 is 5.78 Å². The summed E-state index contributed by atoms with van der Waals surface area (Å²) in [5.74, 6) is 0.502. The highest BCUT2D eigenvalue weighted by atomic mass is 16.1. The summed E-state index contributed by atoms with van der Waals surface area (Å²) in [7, 11) is 0. The van der Waals surface area contributed by atoms with E-state index < -0.39 is 0 Å². The van der Waals surface area contributed by atoms with Gasteiger partial charge in [0, 0.05) is 12.3 Å². The molecule has 1 aliphatic rings. The van der Waals surface area contributed by atoms with Gasteiger partial charge in [-0.25, -0.2) is 0 Å². The van der Waals surface area contributed by atoms with E-state index in [2.05, 4.69) is 25.1 Å². The maximum atomic E-state index is 11.5. The number of carbonyl (C=O) groups is 1. The summed E-state index contributed by atoms with van der Waals surface area (Å²) in [6.45, 7) is 4.09. The summed E-state index contributed by atoms with van der Waals surface area (Å²) in [5.41, 5.74) is 3.86. The minimum atomic E-state index is 0.114. The maximum Gasteiger partial charge on any atom is 0.140 e. The number of Topliss-reactive ketones (excluding diaryl/α,β-unsaturated/α-hetero) is 1. The third-order valence-electron chi connectivity index (χ3n) is 2.89. The SMILES string of the molecule is Cc1ccc2c(c1)C(C)C(=O)CC2. The van der Waals surface area contributed by atoms with Crippen molar-refractivity contribution in [3.8, 4) is 0 Å². The minimum Gasteiger partial charge on any atom is -0.299 e. The molecule has 1 nitrogen and oxygen atoms in total. The van der Waals surface area contributed by atoms with Crippen molar-refractivity contribution in [2.45, 2.75) is 32.6 Å². The van der Waals surface area contributed by atoms with Crippen LogP contribution in [0.4, 0.5) is 0 Å². The number of hydrogen-bond donors (Lipinski definition) is 0. The first-order chi connectivity index (χ1) is 6.18. The number of carbonyl (C=O) groups excluding carboxylic acids is 1. The highest BCUT2D eigenvalue weighted by Gasteiger charge is 2.22. The molecule has 1 heteroatoms. The van der Waals surface area contributed by atoms with Gasteiger partial charge in [-0.15, -0.1) is 0 Å². The lowest BCUT2D eigenvalue weighted by Crippen LogP contribution is -2.17. The van der Waals surface area contributed by atoms with Crippen molar-refractivity contribution in [1.29, 1.82) is 0 Å². The number of fused-ring (bicyclic) bond motifs is 1. The summed E-state index contributed by atoms with van der Waals surface area (Å²) in [6.07, 6.45) is 1.65. The topological polar surface area (TPSA) is 17.1 Å². The van der Waals surface area contributed by atoms with Gasteiger partial charge in [-0.3, -0.25) is 4.79 Å². The first-order valence-electron chi connectivity index (χ1n) is 4.80. The van der Waals surface area contributed by atoms with E-state index in [0.717, 1.165) is 12.8 Å². The van der Waals surface area contributed by atoms with Crippen molar-refractivity contribution < 1.29 is 4.79 Å². The molecule has 1 atom stereocenters. The third kappa shape index (κ3) is 1.39. The van der Waals surface area contributed by atoms with E-state index in [9.17, 15) is 4.79 Å². The van der Waals surface area contributed by atoms with Crippen molar-refractivity contribution in [2.24, 2.45) is 0 Å². The normalized spacial score (nSPS) is 21.4. The number of rotatable bonds is 0. The quantitative estimate of drug-likeness (QED) is 0.591. The molecule has 0 saturated heterocycles. The number of hydrogen-bond acceptors (Lipinski definition) is 1. The molecule has 2 rings (SSSR count). The molecule has 0 aromatic heterocycles. The molecule has 1 aromatic rings. The standard InChI is InChI=1S/C12H14O/c1-8-3-4-10-5-6-12(13)9(2)11(10)7-8/h3-4,7,9H,5-6H2,1-2H3. The fourth-order valence-electron chi connectivity index (χ4n) is 1.99. The van der Waals surface area contributed by atoms with E-state index in [1.807, 2.05) is 6.92 Å². The van der Waals surface area contributed by atoms with E-state index in [-0.39, 0.29) is 5.92 Å². The molecule has 0 spiro atoms. The van der Waals surface area contributed by atoms with Gasteiger partial charge in [0.2, 0.25) is 0 Å². The third-order valence-corrected chi connectivity index (χ3v) is 2.89. The molecule has 1 unspecified atom stereocenters. The van der Waals surface area contributed by atoms with E-state index >= 15 is 0 Å². The van der Waals surface area contributed by atoms with Gasteiger partial charge in [0.25, 0.3) is 0 Å².